The molecule has 27 heavy (non-hydrogen) atoms. The molecule has 0 saturated heterocycles. The monoisotopic (exact) mass is 362 g/mol. The van der Waals surface area contributed by atoms with E-state index in [1.54, 1.807) is 13.2 Å². The largest absolute Gasteiger partial charge is 0.497 e. The van der Waals surface area contributed by atoms with E-state index in [0.29, 0.717) is 17.3 Å². The number of anilines is 3. The number of amides is 1. The van der Waals surface area contributed by atoms with Gasteiger partial charge in [-0.25, -0.2) is 9.97 Å². The molecule has 6 nitrogen and oxygen atoms in total. The fraction of sp³-hybridized carbons (Fsp3) is 0.190. The van der Waals surface area contributed by atoms with Crippen molar-refractivity contribution in [3.05, 3.63) is 71.5 Å². The number of hydrogen-bond donors (Lipinski definition) is 2. The van der Waals surface area contributed by atoms with Crippen LogP contribution in [0.3, 0.4) is 0 Å². The van der Waals surface area contributed by atoms with Crippen molar-refractivity contribution in [2.24, 2.45) is 0 Å². The van der Waals surface area contributed by atoms with Gasteiger partial charge in [0.05, 0.1) is 7.11 Å². The molecule has 6 heteroatoms. The minimum atomic E-state index is -0.265. The van der Waals surface area contributed by atoms with E-state index in [1.165, 1.54) is 0 Å². The van der Waals surface area contributed by atoms with Gasteiger partial charge in [-0.05, 0) is 55.3 Å². The summed E-state index contributed by atoms with van der Waals surface area (Å²) in [4.78, 5) is 21.4. The summed E-state index contributed by atoms with van der Waals surface area (Å²) < 4.78 is 5.15. The zero-order valence-corrected chi connectivity index (χ0v) is 15.6. The lowest BCUT2D eigenvalue weighted by atomic mass is 10.1. The minimum absolute atomic E-state index is 0.265. The van der Waals surface area contributed by atoms with Gasteiger partial charge in [0.2, 0.25) is 5.95 Å². The summed E-state index contributed by atoms with van der Waals surface area (Å²) in [7, 11) is 1.62. The first-order chi connectivity index (χ1) is 13.1. The summed E-state index contributed by atoms with van der Waals surface area (Å²) in [5.74, 6) is 0.869. The standard InChI is InChI=1S/C21H22N4O2/c1-4-15-7-5-6-8-18(15)24-20(26)19-13-14(2)22-21(25-19)23-16-9-11-17(27-3)12-10-16/h5-13H,4H2,1-3H3,(H,24,26)(H,22,23,25). The van der Waals surface area contributed by atoms with Crippen LogP contribution in [-0.2, 0) is 6.42 Å². The zero-order valence-electron chi connectivity index (χ0n) is 15.6. The van der Waals surface area contributed by atoms with Crippen LogP contribution in [0.25, 0.3) is 0 Å². The zero-order chi connectivity index (χ0) is 19.2. The Labute approximate surface area is 158 Å². The summed E-state index contributed by atoms with van der Waals surface area (Å²) in [6.45, 7) is 3.88. The van der Waals surface area contributed by atoms with E-state index in [4.69, 9.17) is 4.74 Å². The summed E-state index contributed by atoms with van der Waals surface area (Å²) >= 11 is 0. The van der Waals surface area contributed by atoms with E-state index in [-0.39, 0.29) is 5.91 Å². The lowest BCUT2D eigenvalue weighted by molar-refractivity contribution is 0.102. The number of aryl methyl sites for hydroxylation is 2. The van der Waals surface area contributed by atoms with Crippen molar-refractivity contribution in [3.63, 3.8) is 0 Å². The predicted octanol–water partition coefficient (Wildman–Crippen LogP) is 4.35. The van der Waals surface area contributed by atoms with Crippen LogP contribution < -0.4 is 15.4 Å². The molecule has 0 radical (unpaired) electrons. The highest BCUT2D eigenvalue weighted by Crippen LogP contribution is 2.19. The molecular weight excluding hydrogens is 340 g/mol. The van der Waals surface area contributed by atoms with Gasteiger partial charge in [0.15, 0.2) is 0 Å². The van der Waals surface area contributed by atoms with Crippen LogP contribution in [0.4, 0.5) is 17.3 Å². The Bertz CT molecular complexity index is 939. The summed E-state index contributed by atoms with van der Waals surface area (Å²) in [6.07, 6.45) is 0.837. The SMILES string of the molecule is CCc1ccccc1NC(=O)c1cc(C)nc(Nc2ccc(OC)cc2)n1. The first-order valence-corrected chi connectivity index (χ1v) is 8.75. The number of ether oxygens (including phenoxy) is 1. The molecule has 1 aromatic heterocycles. The molecule has 0 fully saturated rings. The maximum absolute atomic E-state index is 12.7. The Kier molecular flexibility index (Phi) is 5.66. The number of carbonyl (C=O) groups is 1. The number of nitrogens with one attached hydrogen (secondary N) is 2. The highest BCUT2D eigenvalue weighted by molar-refractivity contribution is 6.03. The number of hydrogen-bond acceptors (Lipinski definition) is 5. The van der Waals surface area contributed by atoms with E-state index in [1.807, 2.05) is 55.5 Å². The molecule has 0 aliphatic carbocycles. The van der Waals surface area contributed by atoms with Gasteiger partial charge in [0, 0.05) is 17.1 Å². The first-order valence-electron chi connectivity index (χ1n) is 8.75. The van der Waals surface area contributed by atoms with Crippen molar-refractivity contribution in [2.45, 2.75) is 20.3 Å². The van der Waals surface area contributed by atoms with E-state index in [0.717, 1.165) is 29.1 Å². The van der Waals surface area contributed by atoms with Crippen molar-refractivity contribution in [3.8, 4) is 5.75 Å². The van der Waals surface area contributed by atoms with Crippen LogP contribution in [-0.4, -0.2) is 23.0 Å². The van der Waals surface area contributed by atoms with Crippen molar-refractivity contribution in [2.75, 3.05) is 17.7 Å². The Morgan fingerprint density at radius 3 is 2.52 bits per heavy atom. The quantitative estimate of drug-likeness (QED) is 0.682. The lowest BCUT2D eigenvalue weighted by Gasteiger charge is -2.11. The summed E-state index contributed by atoms with van der Waals surface area (Å²) in [6, 6.07) is 16.8. The number of methoxy groups -OCH3 is 1. The maximum atomic E-state index is 12.7. The molecule has 3 aromatic rings. The minimum Gasteiger partial charge on any atom is -0.497 e. The van der Waals surface area contributed by atoms with Gasteiger partial charge in [0.25, 0.3) is 5.91 Å². The fourth-order valence-electron chi connectivity index (χ4n) is 2.68. The predicted molar refractivity (Wildman–Crippen MR) is 107 cm³/mol. The molecule has 0 saturated carbocycles. The van der Waals surface area contributed by atoms with Gasteiger partial charge in [-0.1, -0.05) is 25.1 Å². The molecule has 0 unspecified atom stereocenters. The number of rotatable bonds is 6. The van der Waals surface area contributed by atoms with E-state index in [2.05, 4.69) is 27.5 Å². The molecule has 3 rings (SSSR count). The molecule has 0 aliphatic heterocycles. The van der Waals surface area contributed by atoms with Crippen LogP contribution in [0.15, 0.2) is 54.6 Å². The summed E-state index contributed by atoms with van der Waals surface area (Å²) in [5.41, 5.74) is 3.70. The third-order valence-electron chi connectivity index (χ3n) is 4.08. The molecule has 1 heterocycles. The van der Waals surface area contributed by atoms with Crippen LogP contribution in [0.1, 0.15) is 28.7 Å². The number of nitrogens with zero attached hydrogens (tertiary/aromatic N) is 2. The smallest absolute Gasteiger partial charge is 0.274 e. The van der Waals surface area contributed by atoms with Crippen molar-refractivity contribution < 1.29 is 9.53 Å². The molecule has 138 valence electrons. The van der Waals surface area contributed by atoms with Crippen molar-refractivity contribution >= 4 is 23.2 Å². The second-order valence-electron chi connectivity index (χ2n) is 6.04. The average Bonchev–Trinajstić information content (AvgIpc) is 2.68. The highest BCUT2D eigenvalue weighted by atomic mass is 16.5. The topological polar surface area (TPSA) is 76.1 Å². The molecular formula is C21H22N4O2. The van der Waals surface area contributed by atoms with Gasteiger partial charge in [-0.15, -0.1) is 0 Å². The Hall–Kier alpha value is -3.41. The maximum Gasteiger partial charge on any atom is 0.274 e. The van der Waals surface area contributed by atoms with E-state index >= 15 is 0 Å². The average molecular weight is 362 g/mol. The molecule has 2 aromatic carbocycles. The van der Waals surface area contributed by atoms with E-state index < -0.39 is 0 Å². The lowest BCUT2D eigenvalue weighted by Crippen LogP contribution is -2.16. The number of benzene rings is 2. The highest BCUT2D eigenvalue weighted by Gasteiger charge is 2.12. The molecule has 0 bridgehead atoms. The Morgan fingerprint density at radius 1 is 1.07 bits per heavy atom. The van der Waals surface area contributed by atoms with Gasteiger partial charge in [-0.3, -0.25) is 4.79 Å². The molecule has 0 atom stereocenters. The van der Waals surface area contributed by atoms with Gasteiger partial charge < -0.3 is 15.4 Å². The van der Waals surface area contributed by atoms with Crippen LogP contribution in [0.5, 0.6) is 5.75 Å². The third kappa shape index (κ3) is 4.61. The van der Waals surface area contributed by atoms with Gasteiger partial charge >= 0.3 is 0 Å². The molecule has 0 aliphatic rings. The van der Waals surface area contributed by atoms with E-state index in [9.17, 15) is 4.79 Å². The molecule has 0 spiro atoms. The van der Waals surface area contributed by atoms with Crippen LogP contribution >= 0.6 is 0 Å². The number of para-hydroxylation sites is 1. The third-order valence-corrected chi connectivity index (χ3v) is 4.08. The van der Waals surface area contributed by atoms with Crippen molar-refractivity contribution in [1.82, 2.24) is 9.97 Å². The number of carbonyl (C=O) groups excluding carboxylic acids is 1. The Morgan fingerprint density at radius 2 is 1.81 bits per heavy atom. The second kappa shape index (κ2) is 8.31. The fourth-order valence-corrected chi connectivity index (χ4v) is 2.68. The number of aromatic nitrogens is 2. The normalized spacial score (nSPS) is 10.3. The Balaban J connectivity index is 1.80. The summed E-state index contributed by atoms with van der Waals surface area (Å²) in [5, 5.41) is 6.06. The molecule has 1 amide bonds. The first kappa shape index (κ1) is 18.4. The van der Waals surface area contributed by atoms with Crippen LogP contribution in [0, 0.1) is 6.92 Å². The van der Waals surface area contributed by atoms with Crippen LogP contribution in [0.2, 0.25) is 0 Å². The van der Waals surface area contributed by atoms with Gasteiger partial charge in [-0.2, -0.15) is 0 Å². The second-order valence-corrected chi connectivity index (χ2v) is 6.04. The van der Waals surface area contributed by atoms with Gasteiger partial charge in [0.1, 0.15) is 11.4 Å². The van der Waals surface area contributed by atoms with Crippen molar-refractivity contribution in [1.29, 1.82) is 0 Å². The molecule has 2 N–H and O–H groups in total.